The molecule has 4 rings (SSSR count). The summed E-state index contributed by atoms with van der Waals surface area (Å²) in [6.07, 6.45) is 2.28. The van der Waals surface area contributed by atoms with Gasteiger partial charge < -0.3 is 4.74 Å². The molecule has 4 nitrogen and oxygen atoms in total. The van der Waals surface area contributed by atoms with E-state index in [1.165, 1.54) is 11.1 Å². The van der Waals surface area contributed by atoms with Crippen molar-refractivity contribution in [3.63, 3.8) is 0 Å². The Morgan fingerprint density at radius 1 is 0.848 bits per heavy atom. The molecular formula is C29H39NO3. The molecule has 1 saturated carbocycles. The summed E-state index contributed by atoms with van der Waals surface area (Å²) in [6.45, 7) is 15.7. The van der Waals surface area contributed by atoms with Gasteiger partial charge in [0.15, 0.2) is 0 Å². The van der Waals surface area contributed by atoms with Gasteiger partial charge in [-0.15, -0.1) is 0 Å². The monoisotopic (exact) mass is 449 g/mol. The van der Waals surface area contributed by atoms with Crippen molar-refractivity contribution >= 4 is 5.97 Å². The zero-order valence-electron chi connectivity index (χ0n) is 21.2. The number of esters is 1. The second-order valence-electron chi connectivity index (χ2n) is 11.8. The highest BCUT2D eigenvalue weighted by Gasteiger charge is 2.52. The third-order valence-electron chi connectivity index (χ3n) is 7.73. The molecule has 2 aromatic rings. The number of rotatable bonds is 4. The van der Waals surface area contributed by atoms with Gasteiger partial charge in [-0.2, -0.15) is 5.06 Å². The fraction of sp³-hybridized carbons (Fsp3) is 0.552. The minimum Gasteiger partial charge on any atom is -0.456 e. The number of carbonyl (C=O) groups excluding carboxylic acids is 1. The number of hydrogen-bond donors (Lipinski definition) is 0. The van der Waals surface area contributed by atoms with Crippen LogP contribution in [-0.4, -0.2) is 23.2 Å². The summed E-state index contributed by atoms with van der Waals surface area (Å²) >= 11 is 0. The highest BCUT2D eigenvalue weighted by Crippen LogP contribution is 2.51. The van der Waals surface area contributed by atoms with Crippen LogP contribution in [-0.2, 0) is 20.7 Å². The first-order valence-electron chi connectivity index (χ1n) is 12.3. The van der Waals surface area contributed by atoms with E-state index in [0.717, 1.165) is 19.3 Å². The maximum atomic E-state index is 13.0. The molecule has 33 heavy (non-hydrogen) atoms. The van der Waals surface area contributed by atoms with E-state index in [9.17, 15) is 4.79 Å². The molecule has 1 aliphatic carbocycles. The molecule has 3 atom stereocenters. The minimum atomic E-state index is -0.286. The molecule has 2 aromatic carbocycles. The molecule has 0 bridgehead atoms. The second-order valence-corrected chi connectivity index (χ2v) is 11.8. The summed E-state index contributed by atoms with van der Waals surface area (Å²) < 4.78 is 6.15. The van der Waals surface area contributed by atoms with Crippen LogP contribution in [0.5, 0.6) is 0 Å². The molecule has 4 heteroatoms. The quantitative estimate of drug-likeness (QED) is 0.479. The third-order valence-corrected chi connectivity index (χ3v) is 7.73. The van der Waals surface area contributed by atoms with Crippen molar-refractivity contribution in [2.75, 3.05) is 0 Å². The predicted molar refractivity (Wildman–Crippen MR) is 132 cm³/mol. The van der Waals surface area contributed by atoms with E-state index in [2.05, 4.69) is 77.8 Å². The SMILES string of the molecule is CC(C)(C)[C@@H]1CC[C@H](ON2C(C)(C)c3ccccc3C2(C)C)[C@@H](OC(=O)c2ccccc2)C1. The Hall–Kier alpha value is -2.17. The summed E-state index contributed by atoms with van der Waals surface area (Å²) in [4.78, 5) is 19.8. The van der Waals surface area contributed by atoms with Crippen LogP contribution in [0, 0.1) is 11.3 Å². The van der Waals surface area contributed by atoms with E-state index in [1.807, 2.05) is 30.3 Å². The van der Waals surface area contributed by atoms with Crippen LogP contribution in [0.25, 0.3) is 0 Å². The summed E-state index contributed by atoms with van der Waals surface area (Å²) in [5, 5.41) is 2.15. The van der Waals surface area contributed by atoms with E-state index in [0.29, 0.717) is 11.5 Å². The van der Waals surface area contributed by atoms with E-state index in [4.69, 9.17) is 9.57 Å². The normalized spacial score (nSPS) is 26.6. The lowest BCUT2D eigenvalue weighted by atomic mass is 9.71. The Morgan fingerprint density at radius 3 is 1.94 bits per heavy atom. The zero-order chi connectivity index (χ0) is 24.0. The first kappa shape index (κ1) is 24.0. The highest BCUT2D eigenvalue weighted by atomic mass is 16.7. The number of hydrogen-bond acceptors (Lipinski definition) is 4. The van der Waals surface area contributed by atoms with Gasteiger partial charge >= 0.3 is 5.97 Å². The lowest BCUT2D eigenvalue weighted by molar-refractivity contribution is -0.308. The largest absolute Gasteiger partial charge is 0.456 e. The van der Waals surface area contributed by atoms with Crippen molar-refractivity contribution < 1.29 is 14.4 Å². The molecule has 0 saturated heterocycles. The Balaban J connectivity index is 1.60. The van der Waals surface area contributed by atoms with E-state index in [1.54, 1.807) is 0 Å². The first-order chi connectivity index (χ1) is 15.4. The molecule has 0 unspecified atom stereocenters. The second kappa shape index (κ2) is 8.56. The summed E-state index contributed by atoms with van der Waals surface area (Å²) in [7, 11) is 0. The zero-order valence-corrected chi connectivity index (χ0v) is 21.2. The number of nitrogens with zero attached hydrogens (tertiary/aromatic N) is 1. The molecule has 1 heterocycles. The molecule has 0 spiro atoms. The standard InChI is InChI=1S/C29H39NO3/c1-27(2,3)21-17-18-24(25(19-21)32-26(31)20-13-9-8-10-14-20)33-30-28(4,5)22-15-11-12-16-23(22)29(30,6)7/h8-16,21,24-25H,17-19H2,1-7H3/t21-,24+,25+/m1/s1. The van der Waals surface area contributed by atoms with Crippen molar-refractivity contribution in [3.05, 3.63) is 71.3 Å². The van der Waals surface area contributed by atoms with Crippen LogP contribution >= 0.6 is 0 Å². The number of hydroxylamine groups is 2. The lowest BCUT2D eigenvalue weighted by Gasteiger charge is -2.46. The third kappa shape index (κ3) is 4.48. The molecule has 0 amide bonds. The lowest BCUT2D eigenvalue weighted by Crippen LogP contribution is -2.52. The highest BCUT2D eigenvalue weighted by molar-refractivity contribution is 5.89. The van der Waals surface area contributed by atoms with Gasteiger partial charge in [-0.3, -0.25) is 4.84 Å². The maximum Gasteiger partial charge on any atom is 0.338 e. The fourth-order valence-corrected chi connectivity index (χ4v) is 5.78. The predicted octanol–water partition coefficient (Wildman–Crippen LogP) is 6.84. The Morgan fingerprint density at radius 2 is 1.39 bits per heavy atom. The minimum absolute atomic E-state index is 0.158. The first-order valence-corrected chi connectivity index (χ1v) is 12.3. The van der Waals surface area contributed by atoms with E-state index < -0.39 is 0 Å². The molecule has 2 aliphatic rings. The van der Waals surface area contributed by atoms with Crippen molar-refractivity contribution in [2.45, 2.75) is 91.0 Å². The van der Waals surface area contributed by atoms with Gasteiger partial charge in [-0.25, -0.2) is 4.79 Å². The van der Waals surface area contributed by atoms with Gasteiger partial charge in [0.1, 0.15) is 12.2 Å². The molecule has 1 fully saturated rings. The summed E-state index contributed by atoms with van der Waals surface area (Å²) in [5.41, 5.74) is 2.75. The number of carbonyl (C=O) groups is 1. The van der Waals surface area contributed by atoms with Crippen LogP contribution < -0.4 is 0 Å². The van der Waals surface area contributed by atoms with E-state index >= 15 is 0 Å². The Kier molecular flexibility index (Phi) is 6.22. The van der Waals surface area contributed by atoms with Gasteiger partial charge in [0.05, 0.1) is 16.6 Å². The van der Waals surface area contributed by atoms with Crippen molar-refractivity contribution in [1.29, 1.82) is 0 Å². The average Bonchev–Trinajstić information content (AvgIpc) is 2.92. The topological polar surface area (TPSA) is 38.8 Å². The van der Waals surface area contributed by atoms with Gasteiger partial charge in [-0.05, 0) is 81.5 Å². The van der Waals surface area contributed by atoms with Gasteiger partial charge in [0, 0.05) is 0 Å². The molecule has 0 aromatic heterocycles. The molecule has 0 N–H and O–H groups in total. The Labute approximate surface area is 199 Å². The fourth-order valence-electron chi connectivity index (χ4n) is 5.78. The molecular weight excluding hydrogens is 410 g/mol. The number of ether oxygens (including phenoxy) is 1. The van der Waals surface area contributed by atoms with Crippen LogP contribution in [0.3, 0.4) is 0 Å². The van der Waals surface area contributed by atoms with Gasteiger partial charge in [0.25, 0.3) is 0 Å². The average molecular weight is 450 g/mol. The van der Waals surface area contributed by atoms with E-state index in [-0.39, 0.29) is 34.7 Å². The number of benzene rings is 2. The molecule has 0 radical (unpaired) electrons. The van der Waals surface area contributed by atoms with Crippen LogP contribution in [0.2, 0.25) is 0 Å². The van der Waals surface area contributed by atoms with Gasteiger partial charge in [-0.1, -0.05) is 63.2 Å². The molecule has 1 aliphatic heterocycles. The Bertz CT molecular complexity index is 954. The maximum absolute atomic E-state index is 13.0. The van der Waals surface area contributed by atoms with Crippen LogP contribution in [0.1, 0.15) is 89.2 Å². The van der Waals surface area contributed by atoms with Crippen molar-refractivity contribution in [1.82, 2.24) is 5.06 Å². The van der Waals surface area contributed by atoms with Crippen molar-refractivity contribution in [2.24, 2.45) is 11.3 Å². The summed E-state index contributed by atoms with van der Waals surface area (Å²) in [5.74, 6) is 0.203. The van der Waals surface area contributed by atoms with Gasteiger partial charge in [0.2, 0.25) is 0 Å². The molecule has 178 valence electrons. The smallest absolute Gasteiger partial charge is 0.338 e. The van der Waals surface area contributed by atoms with Crippen molar-refractivity contribution in [3.8, 4) is 0 Å². The van der Waals surface area contributed by atoms with Crippen LogP contribution in [0.4, 0.5) is 0 Å². The summed E-state index contributed by atoms with van der Waals surface area (Å²) in [6, 6.07) is 17.9. The number of fused-ring (bicyclic) bond motifs is 1. The van der Waals surface area contributed by atoms with Crippen LogP contribution in [0.15, 0.2) is 54.6 Å².